The third kappa shape index (κ3) is 3.69. The lowest BCUT2D eigenvalue weighted by Gasteiger charge is -2.17. The van der Waals surface area contributed by atoms with Crippen molar-refractivity contribution in [2.75, 3.05) is 0 Å². The molecule has 82 valence electrons. The Morgan fingerprint density at radius 2 is 2.00 bits per heavy atom. The molecule has 2 atom stereocenters. The van der Waals surface area contributed by atoms with Gasteiger partial charge >= 0.3 is 5.97 Å². The summed E-state index contributed by atoms with van der Waals surface area (Å²) in [5.74, 6) is 0.569. The predicted molar refractivity (Wildman–Crippen MR) is 57.2 cm³/mol. The molecule has 1 saturated carbocycles. The Labute approximate surface area is 86.7 Å². The predicted octanol–water partition coefficient (Wildman–Crippen LogP) is 3.46. The first-order valence-electron chi connectivity index (χ1n) is 5.95. The molecule has 1 N–H and O–H groups in total. The van der Waals surface area contributed by atoms with Crippen molar-refractivity contribution >= 4 is 5.97 Å². The van der Waals surface area contributed by atoms with Gasteiger partial charge < -0.3 is 5.11 Å². The van der Waals surface area contributed by atoms with Crippen LogP contribution in [-0.4, -0.2) is 11.1 Å². The fourth-order valence-corrected chi connectivity index (χ4v) is 2.64. The van der Waals surface area contributed by atoms with Crippen LogP contribution in [0, 0.1) is 11.8 Å². The molecule has 1 fully saturated rings. The SMILES string of the molecule is CCCCCC1CCCC1CC(=O)O. The molecule has 0 heterocycles. The second-order valence-corrected chi connectivity index (χ2v) is 4.54. The smallest absolute Gasteiger partial charge is 0.303 e. The Morgan fingerprint density at radius 3 is 2.64 bits per heavy atom. The van der Waals surface area contributed by atoms with Gasteiger partial charge in [0, 0.05) is 6.42 Å². The summed E-state index contributed by atoms with van der Waals surface area (Å²) in [6, 6.07) is 0. The molecule has 2 heteroatoms. The van der Waals surface area contributed by atoms with Crippen LogP contribution in [0.25, 0.3) is 0 Å². The van der Waals surface area contributed by atoms with Crippen LogP contribution in [0.2, 0.25) is 0 Å². The maximum atomic E-state index is 10.6. The Balaban J connectivity index is 2.24. The molecule has 0 radical (unpaired) electrons. The van der Waals surface area contributed by atoms with Crippen LogP contribution in [0.15, 0.2) is 0 Å². The van der Waals surface area contributed by atoms with Gasteiger partial charge in [0.25, 0.3) is 0 Å². The Hall–Kier alpha value is -0.530. The second kappa shape index (κ2) is 6.05. The van der Waals surface area contributed by atoms with Crippen LogP contribution in [0.3, 0.4) is 0 Å². The molecule has 0 amide bonds. The molecule has 2 nitrogen and oxygen atoms in total. The largest absolute Gasteiger partial charge is 0.481 e. The van der Waals surface area contributed by atoms with Gasteiger partial charge in [0.05, 0.1) is 0 Å². The number of rotatable bonds is 6. The van der Waals surface area contributed by atoms with E-state index in [2.05, 4.69) is 6.92 Å². The Kier molecular flexibility index (Phi) is 4.99. The monoisotopic (exact) mass is 198 g/mol. The van der Waals surface area contributed by atoms with E-state index in [0.717, 1.165) is 6.42 Å². The summed E-state index contributed by atoms with van der Waals surface area (Å²) in [6.07, 6.45) is 9.16. The normalized spacial score (nSPS) is 26.6. The summed E-state index contributed by atoms with van der Waals surface area (Å²) in [4.78, 5) is 10.6. The van der Waals surface area contributed by atoms with Crippen LogP contribution in [0.5, 0.6) is 0 Å². The van der Waals surface area contributed by atoms with E-state index in [1.165, 1.54) is 38.5 Å². The minimum atomic E-state index is -0.614. The van der Waals surface area contributed by atoms with Crippen molar-refractivity contribution in [3.8, 4) is 0 Å². The minimum absolute atomic E-state index is 0.400. The van der Waals surface area contributed by atoms with Gasteiger partial charge in [-0.25, -0.2) is 0 Å². The van der Waals surface area contributed by atoms with E-state index < -0.39 is 5.97 Å². The van der Waals surface area contributed by atoms with Crippen LogP contribution in [0.4, 0.5) is 0 Å². The zero-order valence-corrected chi connectivity index (χ0v) is 9.17. The van der Waals surface area contributed by atoms with Gasteiger partial charge in [-0.05, 0) is 18.3 Å². The lowest BCUT2D eigenvalue weighted by Crippen LogP contribution is -2.12. The summed E-state index contributed by atoms with van der Waals surface area (Å²) >= 11 is 0. The molecule has 0 aromatic heterocycles. The molecule has 1 aliphatic carbocycles. The molecule has 2 unspecified atom stereocenters. The summed E-state index contributed by atoms with van der Waals surface area (Å²) in [7, 11) is 0. The van der Waals surface area contributed by atoms with E-state index in [1.807, 2.05) is 0 Å². The zero-order chi connectivity index (χ0) is 10.4. The van der Waals surface area contributed by atoms with Crippen molar-refractivity contribution in [2.24, 2.45) is 11.8 Å². The highest BCUT2D eigenvalue weighted by Gasteiger charge is 2.28. The summed E-state index contributed by atoms with van der Waals surface area (Å²) < 4.78 is 0. The number of carboxylic acids is 1. The standard InChI is InChI=1S/C12H22O2/c1-2-3-4-6-10-7-5-8-11(10)9-12(13)14/h10-11H,2-9H2,1H3,(H,13,14). The van der Waals surface area contributed by atoms with Crippen molar-refractivity contribution in [3.05, 3.63) is 0 Å². The maximum Gasteiger partial charge on any atom is 0.303 e. The second-order valence-electron chi connectivity index (χ2n) is 4.54. The molecular formula is C12H22O2. The molecule has 0 aromatic rings. The first-order chi connectivity index (χ1) is 6.74. The zero-order valence-electron chi connectivity index (χ0n) is 9.17. The van der Waals surface area contributed by atoms with Crippen molar-refractivity contribution in [2.45, 2.75) is 58.3 Å². The fourth-order valence-electron chi connectivity index (χ4n) is 2.64. The van der Waals surface area contributed by atoms with Crippen LogP contribution >= 0.6 is 0 Å². The molecule has 0 aromatic carbocycles. The Morgan fingerprint density at radius 1 is 1.29 bits per heavy atom. The first kappa shape index (κ1) is 11.5. The lowest BCUT2D eigenvalue weighted by molar-refractivity contribution is -0.138. The summed E-state index contributed by atoms with van der Waals surface area (Å²) in [6.45, 7) is 2.21. The third-order valence-electron chi connectivity index (χ3n) is 3.43. The van der Waals surface area contributed by atoms with E-state index in [-0.39, 0.29) is 0 Å². The number of carboxylic acid groups (broad SMARTS) is 1. The summed E-state index contributed by atoms with van der Waals surface area (Å²) in [5.41, 5.74) is 0. The lowest BCUT2D eigenvalue weighted by atomic mass is 9.88. The molecule has 0 aliphatic heterocycles. The van der Waals surface area contributed by atoms with Gasteiger partial charge in [0.1, 0.15) is 0 Å². The van der Waals surface area contributed by atoms with Gasteiger partial charge in [-0.3, -0.25) is 4.79 Å². The molecule has 14 heavy (non-hydrogen) atoms. The van der Waals surface area contributed by atoms with Gasteiger partial charge in [0.2, 0.25) is 0 Å². The van der Waals surface area contributed by atoms with E-state index in [9.17, 15) is 4.79 Å². The molecule has 0 spiro atoms. The average Bonchev–Trinajstić information content (AvgIpc) is 2.52. The van der Waals surface area contributed by atoms with Gasteiger partial charge in [-0.1, -0.05) is 45.4 Å². The summed E-state index contributed by atoms with van der Waals surface area (Å²) in [5, 5.41) is 8.76. The first-order valence-corrected chi connectivity index (χ1v) is 5.95. The van der Waals surface area contributed by atoms with Crippen molar-refractivity contribution < 1.29 is 9.90 Å². The van der Waals surface area contributed by atoms with E-state index >= 15 is 0 Å². The van der Waals surface area contributed by atoms with Crippen LogP contribution in [-0.2, 0) is 4.79 Å². The number of hydrogen-bond acceptors (Lipinski definition) is 1. The molecule has 0 bridgehead atoms. The average molecular weight is 198 g/mol. The molecule has 1 aliphatic rings. The number of aliphatic carboxylic acids is 1. The van der Waals surface area contributed by atoms with E-state index in [1.54, 1.807) is 0 Å². The molecule has 1 rings (SSSR count). The third-order valence-corrected chi connectivity index (χ3v) is 3.43. The highest BCUT2D eigenvalue weighted by atomic mass is 16.4. The Bertz CT molecular complexity index is 177. The number of hydrogen-bond donors (Lipinski definition) is 1. The highest BCUT2D eigenvalue weighted by Crippen LogP contribution is 2.37. The van der Waals surface area contributed by atoms with Crippen molar-refractivity contribution in [3.63, 3.8) is 0 Å². The molecule has 0 saturated heterocycles. The number of carbonyl (C=O) groups is 1. The quantitative estimate of drug-likeness (QED) is 0.664. The number of unbranched alkanes of at least 4 members (excludes halogenated alkanes) is 2. The van der Waals surface area contributed by atoms with E-state index in [0.29, 0.717) is 18.3 Å². The van der Waals surface area contributed by atoms with Gasteiger partial charge in [0.15, 0.2) is 0 Å². The van der Waals surface area contributed by atoms with Crippen LogP contribution in [0.1, 0.15) is 58.3 Å². The topological polar surface area (TPSA) is 37.3 Å². The minimum Gasteiger partial charge on any atom is -0.481 e. The fraction of sp³-hybridized carbons (Fsp3) is 0.917. The maximum absolute atomic E-state index is 10.6. The van der Waals surface area contributed by atoms with E-state index in [4.69, 9.17) is 5.11 Å². The van der Waals surface area contributed by atoms with Gasteiger partial charge in [-0.2, -0.15) is 0 Å². The van der Waals surface area contributed by atoms with Crippen LogP contribution < -0.4 is 0 Å². The highest BCUT2D eigenvalue weighted by molar-refractivity contribution is 5.67. The van der Waals surface area contributed by atoms with Crippen molar-refractivity contribution in [1.29, 1.82) is 0 Å². The van der Waals surface area contributed by atoms with Crippen molar-refractivity contribution in [1.82, 2.24) is 0 Å². The molecular weight excluding hydrogens is 176 g/mol. The van der Waals surface area contributed by atoms with Gasteiger partial charge in [-0.15, -0.1) is 0 Å².